The molecule has 61 valence electrons. The van der Waals surface area contributed by atoms with Crippen LogP contribution in [-0.4, -0.2) is 0 Å². The minimum absolute atomic E-state index is 0. The Morgan fingerprint density at radius 3 is 2.27 bits per heavy atom. The standard InChI is InChI=1S/C9H14N.Co/c1-2-3-7-10-8-5-4-6-9-10;/h4-6,8-9H,2-3,7H2,1H3;/q+1;+2. The molecule has 0 amide bonds. The molecule has 0 aliphatic rings. The van der Waals surface area contributed by atoms with Crippen LogP contribution in [0, 0.1) is 0 Å². The minimum Gasteiger partial charge on any atom is -0.205 e. The molecule has 1 radical (unpaired) electrons. The summed E-state index contributed by atoms with van der Waals surface area (Å²) < 4.78 is 2.21. The van der Waals surface area contributed by atoms with E-state index in [4.69, 9.17) is 0 Å². The van der Waals surface area contributed by atoms with Crippen molar-refractivity contribution in [1.29, 1.82) is 0 Å². The second-order valence-corrected chi connectivity index (χ2v) is 2.47. The Labute approximate surface area is 78.6 Å². The third kappa shape index (κ3) is 4.17. The molecule has 0 spiro atoms. The Morgan fingerprint density at radius 1 is 1.09 bits per heavy atom. The summed E-state index contributed by atoms with van der Waals surface area (Å²) in [6.45, 7) is 3.36. The molecule has 0 aliphatic carbocycles. The summed E-state index contributed by atoms with van der Waals surface area (Å²) in [5.74, 6) is 0. The summed E-state index contributed by atoms with van der Waals surface area (Å²) in [6, 6.07) is 6.17. The number of hydrogen-bond acceptors (Lipinski definition) is 0. The van der Waals surface area contributed by atoms with Gasteiger partial charge >= 0.3 is 16.8 Å². The van der Waals surface area contributed by atoms with E-state index in [9.17, 15) is 0 Å². The third-order valence-corrected chi connectivity index (χ3v) is 1.55. The van der Waals surface area contributed by atoms with Crippen molar-refractivity contribution in [2.24, 2.45) is 0 Å². The molecule has 0 atom stereocenters. The maximum Gasteiger partial charge on any atom is 2.00 e. The van der Waals surface area contributed by atoms with Crippen LogP contribution in [-0.2, 0) is 23.3 Å². The van der Waals surface area contributed by atoms with Crippen molar-refractivity contribution in [2.45, 2.75) is 26.3 Å². The van der Waals surface area contributed by atoms with E-state index in [1.807, 2.05) is 6.07 Å². The molecule has 0 aliphatic heterocycles. The molecule has 0 unspecified atom stereocenters. The molecule has 0 fully saturated rings. The molecule has 0 aromatic carbocycles. The van der Waals surface area contributed by atoms with Crippen molar-refractivity contribution in [1.82, 2.24) is 0 Å². The zero-order chi connectivity index (χ0) is 7.23. The van der Waals surface area contributed by atoms with Crippen molar-refractivity contribution >= 4 is 0 Å². The van der Waals surface area contributed by atoms with Gasteiger partial charge in [0, 0.05) is 18.6 Å². The average molecular weight is 195 g/mol. The van der Waals surface area contributed by atoms with Gasteiger partial charge in [-0.1, -0.05) is 19.4 Å². The first-order valence-corrected chi connectivity index (χ1v) is 3.87. The summed E-state index contributed by atoms with van der Waals surface area (Å²) in [6.07, 6.45) is 6.75. The number of rotatable bonds is 3. The summed E-state index contributed by atoms with van der Waals surface area (Å²) in [4.78, 5) is 0. The number of hydrogen-bond donors (Lipinski definition) is 0. The number of aryl methyl sites for hydroxylation is 1. The molecule has 1 aromatic heterocycles. The van der Waals surface area contributed by atoms with Crippen LogP contribution in [0.5, 0.6) is 0 Å². The molecule has 0 N–H and O–H groups in total. The van der Waals surface area contributed by atoms with E-state index in [1.54, 1.807) is 0 Å². The summed E-state index contributed by atoms with van der Waals surface area (Å²) in [5, 5.41) is 0. The average Bonchev–Trinajstić information content (AvgIpc) is 2.03. The number of aromatic nitrogens is 1. The van der Waals surface area contributed by atoms with Gasteiger partial charge in [-0.25, -0.2) is 4.57 Å². The van der Waals surface area contributed by atoms with E-state index >= 15 is 0 Å². The van der Waals surface area contributed by atoms with Crippen molar-refractivity contribution in [3.8, 4) is 0 Å². The zero-order valence-corrected chi connectivity index (χ0v) is 7.83. The Hall–Kier alpha value is -0.344. The first kappa shape index (κ1) is 10.7. The fourth-order valence-corrected chi connectivity index (χ4v) is 0.924. The van der Waals surface area contributed by atoms with Crippen LogP contribution in [0.4, 0.5) is 0 Å². The number of unbranched alkanes of at least 4 members (excludes halogenated alkanes) is 1. The van der Waals surface area contributed by atoms with Gasteiger partial charge in [0.15, 0.2) is 12.4 Å². The van der Waals surface area contributed by atoms with Crippen LogP contribution in [0.15, 0.2) is 30.6 Å². The molecule has 0 bridgehead atoms. The van der Waals surface area contributed by atoms with Gasteiger partial charge in [0.05, 0.1) is 0 Å². The fourth-order valence-electron chi connectivity index (χ4n) is 0.924. The Kier molecular flexibility index (Phi) is 6.17. The van der Waals surface area contributed by atoms with Crippen LogP contribution in [0.2, 0.25) is 0 Å². The minimum atomic E-state index is 0. The first-order chi connectivity index (χ1) is 4.93. The van der Waals surface area contributed by atoms with E-state index < -0.39 is 0 Å². The van der Waals surface area contributed by atoms with Crippen LogP contribution in [0.1, 0.15) is 19.8 Å². The number of nitrogens with zero attached hydrogens (tertiary/aromatic N) is 1. The largest absolute Gasteiger partial charge is 2.00 e. The van der Waals surface area contributed by atoms with Crippen LogP contribution < -0.4 is 4.57 Å². The van der Waals surface area contributed by atoms with Crippen molar-refractivity contribution < 1.29 is 21.3 Å². The molecule has 0 saturated carbocycles. The number of pyridine rings is 1. The predicted molar refractivity (Wildman–Crippen MR) is 41.5 cm³/mol. The Bertz CT molecular complexity index is 174. The molecular weight excluding hydrogens is 181 g/mol. The smallest absolute Gasteiger partial charge is 0.205 e. The van der Waals surface area contributed by atoms with Crippen LogP contribution in [0.25, 0.3) is 0 Å². The van der Waals surface area contributed by atoms with E-state index in [0.29, 0.717) is 0 Å². The molecule has 2 heteroatoms. The second-order valence-electron chi connectivity index (χ2n) is 2.47. The topological polar surface area (TPSA) is 3.88 Å². The van der Waals surface area contributed by atoms with Gasteiger partial charge in [0.1, 0.15) is 6.54 Å². The van der Waals surface area contributed by atoms with Gasteiger partial charge in [-0.15, -0.1) is 0 Å². The fraction of sp³-hybridized carbons (Fsp3) is 0.444. The Morgan fingerprint density at radius 2 is 1.73 bits per heavy atom. The normalized spacial score (nSPS) is 8.82. The summed E-state index contributed by atoms with van der Waals surface area (Å²) >= 11 is 0. The van der Waals surface area contributed by atoms with E-state index in [-0.39, 0.29) is 16.8 Å². The molecule has 1 heterocycles. The third-order valence-electron chi connectivity index (χ3n) is 1.55. The SMILES string of the molecule is CCCC[n+]1ccccc1.[Co+2]. The van der Waals surface area contributed by atoms with Gasteiger partial charge in [0.25, 0.3) is 0 Å². The van der Waals surface area contributed by atoms with Gasteiger partial charge in [0.2, 0.25) is 0 Å². The Balaban J connectivity index is 0.000001000. The first-order valence-electron chi connectivity index (χ1n) is 3.87. The molecule has 11 heavy (non-hydrogen) atoms. The predicted octanol–water partition coefficient (Wildman–Crippen LogP) is 1.77. The maximum atomic E-state index is 2.21. The van der Waals surface area contributed by atoms with Gasteiger partial charge in [-0.05, 0) is 0 Å². The molecule has 1 aromatic rings. The van der Waals surface area contributed by atoms with Crippen molar-refractivity contribution in [3.63, 3.8) is 0 Å². The molecule has 1 rings (SSSR count). The quantitative estimate of drug-likeness (QED) is 0.647. The van der Waals surface area contributed by atoms with Crippen molar-refractivity contribution in [3.05, 3.63) is 30.6 Å². The van der Waals surface area contributed by atoms with Gasteiger partial charge in [-0.2, -0.15) is 0 Å². The molecular formula is C9H14CoN+3. The maximum absolute atomic E-state index is 2.21. The second kappa shape index (κ2) is 6.37. The summed E-state index contributed by atoms with van der Waals surface area (Å²) in [5.41, 5.74) is 0. The van der Waals surface area contributed by atoms with Gasteiger partial charge < -0.3 is 0 Å². The van der Waals surface area contributed by atoms with E-state index in [1.165, 1.54) is 12.8 Å². The summed E-state index contributed by atoms with van der Waals surface area (Å²) in [7, 11) is 0. The van der Waals surface area contributed by atoms with Crippen LogP contribution in [0.3, 0.4) is 0 Å². The van der Waals surface area contributed by atoms with E-state index in [2.05, 4.69) is 36.0 Å². The monoisotopic (exact) mass is 195 g/mol. The molecule has 1 nitrogen and oxygen atoms in total. The van der Waals surface area contributed by atoms with E-state index in [0.717, 1.165) is 6.54 Å². The molecule has 0 saturated heterocycles. The van der Waals surface area contributed by atoms with Gasteiger partial charge in [-0.3, -0.25) is 0 Å². The zero-order valence-electron chi connectivity index (χ0n) is 6.79. The van der Waals surface area contributed by atoms with Crippen molar-refractivity contribution in [2.75, 3.05) is 0 Å². The van der Waals surface area contributed by atoms with Crippen LogP contribution >= 0.6 is 0 Å².